The molecule has 0 fully saturated rings. The number of aromatic hydroxyl groups is 1. The van der Waals surface area contributed by atoms with Crippen LogP contribution < -0.4 is 0 Å². The Morgan fingerprint density at radius 2 is 2.22 bits per heavy atom. The third-order valence-corrected chi connectivity index (χ3v) is 3.33. The van der Waals surface area contributed by atoms with Crippen LogP contribution in [0.4, 0.5) is 0 Å². The van der Waals surface area contributed by atoms with Gasteiger partial charge >= 0.3 is 5.97 Å². The van der Waals surface area contributed by atoms with Crippen molar-refractivity contribution >= 4 is 28.7 Å². The van der Waals surface area contributed by atoms with Crippen molar-refractivity contribution in [1.82, 2.24) is 19.5 Å². The maximum atomic E-state index is 11.7. The number of benzene rings is 1. The van der Waals surface area contributed by atoms with Crippen LogP contribution in [0.25, 0.3) is 22.4 Å². The van der Waals surface area contributed by atoms with E-state index in [2.05, 4.69) is 15.0 Å². The maximum Gasteiger partial charge on any atom is 0.326 e. The average molecular weight is 333 g/mol. The third kappa shape index (κ3) is 3.09. The number of ether oxygens (including phenoxy) is 1. The Morgan fingerprint density at radius 3 is 2.96 bits per heavy atom. The number of rotatable bonds is 4. The quantitative estimate of drug-likeness (QED) is 0.583. The molecule has 23 heavy (non-hydrogen) atoms. The molecular formula is C15H13ClN4O3. The lowest BCUT2D eigenvalue weighted by atomic mass is 10.1. The highest BCUT2D eigenvalue weighted by atomic mass is 35.5. The van der Waals surface area contributed by atoms with Crippen LogP contribution in [0.5, 0.6) is 5.75 Å². The van der Waals surface area contributed by atoms with E-state index in [0.29, 0.717) is 29.0 Å². The average Bonchev–Trinajstić information content (AvgIpc) is 2.89. The fourth-order valence-electron chi connectivity index (χ4n) is 2.23. The zero-order chi connectivity index (χ0) is 16.4. The first-order valence-corrected chi connectivity index (χ1v) is 7.29. The number of imidazole rings is 1. The highest BCUT2D eigenvalue weighted by Crippen LogP contribution is 2.28. The van der Waals surface area contributed by atoms with Crippen LogP contribution in [0, 0.1) is 0 Å². The van der Waals surface area contributed by atoms with Crippen LogP contribution in [0.2, 0.25) is 5.28 Å². The van der Waals surface area contributed by atoms with Gasteiger partial charge in [-0.3, -0.25) is 4.79 Å². The summed E-state index contributed by atoms with van der Waals surface area (Å²) < 4.78 is 6.48. The molecule has 1 N–H and O–H groups in total. The first-order valence-electron chi connectivity index (χ1n) is 6.92. The van der Waals surface area contributed by atoms with Gasteiger partial charge in [0, 0.05) is 5.56 Å². The Kier molecular flexibility index (Phi) is 4.12. The third-order valence-electron chi connectivity index (χ3n) is 3.16. The molecule has 3 aromatic rings. The zero-order valence-corrected chi connectivity index (χ0v) is 13.0. The van der Waals surface area contributed by atoms with Crippen LogP contribution in [-0.2, 0) is 16.1 Å². The van der Waals surface area contributed by atoms with Crippen molar-refractivity contribution in [3.05, 3.63) is 35.9 Å². The van der Waals surface area contributed by atoms with Crippen LogP contribution >= 0.6 is 11.6 Å². The first-order chi connectivity index (χ1) is 11.1. The number of fused-ring (bicyclic) bond motifs is 1. The molecule has 2 aromatic heterocycles. The molecule has 0 aliphatic carbocycles. The molecule has 0 spiro atoms. The van der Waals surface area contributed by atoms with Gasteiger partial charge in [-0.1, -0.05) is 12.1 Å². The van der Waals surface area contributed by atoms with E-state index in [9.17, 15) is 9.90 Å². The number of hydrogen-bond donors (Lipinski definition) is 1. The molecule has 7 nitrogen and oxygen atoms in total. The SMILES string of the molecule is CCOC(=O)Cn1cnc2c(-c3cccc(O)c3)nc(Cl)nc21. The molecule has 2 heterocycles. The molecule has 0 radical (unpaired) electrons. The fourth-order valence-corrected chi connectivity index (χ4v) is 2.40. The standard InChI is InChI=1S/C15H13ClN4O3/c1-2-23-11(22)7-20-8-17-13-12(18-15(16)19-14(13)20)9-4-3-5-10(21)6-9/h3-6,8,21H,2,7H2,1H3. The van der Waals surface area contributed by atoms with Gasteiger partial charge in [-0.2, -0.15) is 4.98 Å². The van der Waals surface area contributed by atoms with Crippen molar-refractivity contribution in [2.75, 3.05) is 6.61 Å². The summed E-state index contributed by atoms with van der Waals surface area (Å²) in [6.45, 7) is 2.02. The van der Waals surface area contributed by atoms with Crippen molar-refractivity contribution in [2.45, 2.75) is 13.5 Å². The van der Waals surface area contributed by atoms with Crippen LogP contribution in [-0.4, -0.2) is 37.2 Å². The fraction of sp³-hybridized carbons (Fsp3) is 0.200. The maximum absolute atomic E-state index is 11.7. The second-order valence-electron chi connectivity index (χ2n) is 4.74. The van der Waals surface area contributed by atoms with Crippen molar-refractivity contribution in [1.29, 1.82) is 0 Å². The minimum atomic E-state index is -0.388. The predicted octanol–water partition coefficient (Wildman–Crippen LogP) is 2.42. The zero-order valence-electron chi connectivity index (χ0n) is 12.2. The number of hydrogen-bond acceptors (Lipinski definition) is 6. The van der Waals surface area contributed by atoms with Crippen LogP contribution in [0.3, 0.4) is 0 Å². The molecule has 0 aliphatic heterocycles. The van der Waals surface area contributed by atoms with Crippen LogP contribution in [0.1, 0.15) is 6.92 Å². The van der Waals surface area contributed by atoms with Crippen molar-refractivity contribution in [2.24, 2.45) is 0 Å². The lowest BCUT2D eigenvalue weighted by Crippen LogP contribution is -2.13. The lowest BCUT2D eigenvalue weighted by Gasteiger charge is -2.06. The minimum absolute atomic E-state index is 0.0167. The highest BCUT2D eigenvalue weighted by Gasteiger charge is 2.16. The number of carbonyl (C=O) groups is 1. The largest absolute Gasteiger partial charge is 0.508 e. The van der Waals surface area contributed by atoms with Gasteiger partial charge in [0.25, 0.3) is 0 Å². The number of phenols is 1. The number of carbonyl (C=O) groups excluding carboxylic acids is 1. The summed E-state index contributed by atoms with van der Waals surface area (Å²) in [5.74, 6) is -0.281. The highest BCUT2D eigenvalue weighted by molar-refractivity contribution is 6.28. The smallest absolute Gasteiger partial charge is 0.326 e. The molecule has 118 valence electrons. The second-order valence-corrected chi connectivity index (χ2v) is 5.08. The Labute approximate surface area is 136 Å². The van der Waals surface area contributed by atoms with Crippen LogP contribution in [0.15, 0.2) is 30.6 Å². The topological polar surface area (TPSA) is 90.1 Å². The van der Waals surface area contributed by atoms with E-state index in [1.165, 1.54) is 6.33 Å². The summed E-state index contributed by atoms with van der Waals surface area (Å²) in [6.07, 6.45) is 1.49. The van der Waals surface area contributed by atoms with Gasteiger partial charge in [0.05, 0.1) is 12.9 Å². The van der Waals surface area contributed by atoms with E-state index in [1.807, 2.05) is 0 Å². The first kappa shape index (κ1) is 15.2. The Hall–Kier alpha value is -2.67. The molecule has 1 aromatic carbocycles. The van der Waals surface area contributed by atoms with E-state index < -0.39 is 0 Å². The van der Waals surface area contributed by atoms with E-state index in [4.69, 9.17) is 16.3 Å². The molecule has 0 amide bonds. The van der Waals surface area contributed by atoms with Gasteiger partial charge in [0.15, 0.2) is 5.65 Å². The Balaban J connectivity index is 2.10. The molecule has 0 aliphatic rings. The molecule has 3 rings (SSSR count). The number of halogens is 1. The van der Waals surface area contributed by atoms with Crippen molar-refractivity contribution in [3.63, 3.8) is 0 Å². The summed E-state index contributed by atoms with van der Waals surface area (Å²) in [6, 6.07) is 6.59. The van der Waals surface area contributed by atoms with Gasteiger partial charge in [0.1, 0.15) is 23.5 Å². The minimum Gasteiger partial charge on any atom is -0.508 e. The van der Waals surface area contributed by atoms with E-state index in [-0.39, 0.29) is 23.5 Å². The molecule has 0 bridgehead atoms. The van der Waals surface area contributed by atoms with Crippen molar-refractivity contribution in [3.8, 4) is 17.0 Å². The van der Waals surface area contributed by atoms with E-state index in [1.54, 1.807) is 35.8 Å². The summed E-state index contributed by atoms with van der Waals surface area (Å²) in [5, 5.41) is 9.66. The number of esters is 1. The molecule has 0 atom stereocenters. The normalized spacial score (nSPS) is 10.9. The van der Waals surface area contributed by atoms with E-state index >= 15 is 0 Å². The second kappa shape index (κ2) is 6.21. The summed E-state index contributed by atoms with van der Waals surface area (Å²) in [4.78, 5) is 24.3. The molecule has 0 saturated carbocycles. The van der Waals surface area contributed by atoms with Gasteiger partial charge < -0.3 is 14.4 Å². The summed E-state index contributed by atoms with van der Waals surface area (Å²) in [5.41, 5.74) is 2.06. The van der Waals surface area contributed by atoms with Gasteiger partial charge in [-0.05, 0) is 30.7 Å². The molecule has 0 unspecified atom stereocenters. The number of nitrogens with zero attached hydrogens (tertiary/aromatic N) is 4. The van der Waals surface area contributed by atoms with Gasteiger partial charge in [-0.15, -0.1) is 0 Å². The molecule has 0 saturated heterocycles. The summed E-state index contributed by atoms with van der Waals surface area (Å²) >= 11 is 6.00. The lowest BCUT2D eigenvalue weighted by molar-refractivity contribution is -0.143. The Bertz CT molecular complexity index is 878. The summed E-state index contributed by atoms with van der Waals surface area (Å²) in [7, 11) is 0. The molecule has 8 heteroatoms. The Morgan fingerprint density at radius 1 is 1.39 bits per heavy atom. The van der Waals surface area contributed by atoms with E-state index in [0.717, 1.165) is 0 Å². The molecular weight excluding hydrogens is 320 g/mol. The van der Waals surface area contributed by atoms with Crippen molar-refractivity contribution < 1.29 is 14.6 Å². The number of phenolic OH excluding ortho intramolecular Hbond substituents is 1. The number of aromatic nitrogens is 4. The van der Waals surface area contributed by atoms with Gasteiger partial charge in [-0.25, -0.2) is 9.97 Å². The van der Waals surface area contributed by atoms with Gasteiger partial charge in [0.2, 0.25) is 5.28 Å². The monoisotopic (exact) mass is 332 g/mol. The predicted molar refractivity (Wildman–Crippen MR) is 84.1 cm³/mol.